The third kappa shape index (κ3) is 2.19. The van der Waals surface area contributed by atoms with Gasteiger partial charge in [-0.2, -0.15) is 0 Å². The molecule has 0 spiro atoms. The minimum atomic E-state index is -0.455. The van der Waals surface area contributed by atoms with Crippen LogP contribution in [0.3, 0.4) is 0 Å². The molecule has 1 aliphatic rings. The molecule has 0 aliphatic carbocycles. The molecule has 1 unspecified atom stereocenters. The van der Waals surface area contributed by atoms with Gasteiger partial charge in [-0.3, -0.25) is 9.59 Å². The molecule has 2 rings (SSSR count). The molecule has 20 heavy (non-hydrogen) atoms. The van der Waals surface area contributed by atoms with E-state index in [9.17, 15) is 9.59 Å². The molecule has 108 valence electrons. The van der Waals surface area contributed by atoms with E-state index in [4.69, 9.17) is 0 Å². The average Bonchev–Trinajstić information content (AvgIpc) is 2.61. The van der Waals surface area contributed by atoms with Crippen LogP contribution in [0.15, 0.2) is 18.2 Å². The van der Waals surface area contributed by atoms with Gasteiger partial charge < -0.3 is 9.80 Å². The highest BCUT2D eigenvalue weighted by Crippen LogP contribution is 2.34. The standard InChI is InChI=1S/C16H22N2O2/c1-10(16(2,3)4)17(5)11-7-8-12-13(9-11)18(6)15(20)14(12)19/h7-10H,1-6H3. The van der Waals surface area contributed by atoms with Gasteiger partial charge in [0.1, 0.15) is 0 Å². The highest BCUT2D eigenvalue weighted by molar-refractivity contribution is 6.52. The lowest BCUT2D eigenvalue weighted by molar-refractivity contribution is -0.114. The molecular weight excluding hydrogens is 252 g/mol. The second-order valence-electron chi connectivity index (χ2n) is 6.55. The molecule has 0 saturated heterocycles. The SMILES string of the molecule is CC(N(C)c1ccc2c(c1)N(C)C(=O)C2=O)C(C)(C)C. The Bertz CT molecular complexity index is 572. The molecule has 1 aromatic rings. The van der Waals surface area contributed by atoms with E-state index < -0.39 is 11.7 Å². The fourth-order valence-corrected chi connectivity index (χ4v) is 2.39. The van der Waals surface area contributed by atoms with Gasteiger partial charge in [-0.05, 0) is 30.5 Å². The summed E-state index contributed by atoms with van der Waals surface area (Å²) in [7, 11) is 3.68. The van der Waals surface area contributed by atoms with Crippen LogP contribution in [0.25, 0.3) is 0 Å². The number of hydrogen-bond donors (Lipinski definition) is 0. The fraction of sp³-hybridized carbons (Fsp3) is 0.500. The van der Waals surface area contributed by atoms with Crippen LogP contribution in [0.2, 0.25) is 0 Å². The minimum Gasteiger partial charge on any atom is -0.371 e. The summed E-state index contributed by atoms with van der Waals surface area (Å²) in [5, 5.41) is 0. The van der Waals surface area contributed by atoms with E-state index in [0.29, 0.717) is 17.3 Å². The van der Waals surface area contributed by atoms with Gasteiger partial charge >= 0.3 is 0 Å². The number of carbonyl (C=O) groups is 2. The topological polar surface area (TPSA) is 40.6 Å². The summed E-state index contributed by atoms with van der Waals surface area (Å²) >= 11 is 0. The van der Waals surface area contributed by atoms with Gasteiger partial charge in [0, 0.05) is 25.8 Å². The van der Waals surface area contributed by atoms with Crippen LogP contribution < -0.4 is 9.80 Å². The van der Waals surface area contributed by atoms with Crippen molar-refractivity contribution in [3.8, 4) is 0 Å². The third-order valence-electron chi connectivity index (χ3n) is 4.33. The van der Waals surface area contributed by atoms with Gasteiger partial charge in [0.05, 0.1) is 11.3 Å². The summed E-state index contributed by atoms with van der Waals surface area (Å²) in [6, 6.07) is 5.91. The van der Waals surface area contributed by atoms with Gasteiger partial charge in [0.25, 0.3) is 11.7 Å². The maximum Gasteiger partial charge on any atom is 0.299 e. The summed E-state index contributed by atoms with van der Waals surface area (Å²) < 4.78 is 0. The van der Waals surface area contributed by atoms with E-state index >= 15 is 0 Å². The zero-order valence-corrected chi connectivity index (χ0v) is 13.0. The van der Waals surface area contributed by atoms with E-state index in [2.05, 4.69) is 32.6 Å². The van der Waals surface area contributed by atoms with E-state index in [1.165, 1.54) is 4.90 Å². The van der Waals surface area contributed by atoms with Gasteiger partial charge in [-0.25, -0.2) is 0 Å². The molecular formula is C16H22N2O2. The summed E-state index contributed by atoms with van der Waals surface area (Å²) in [4.78, 5) is 27.1. The summed E-state index contributed by atoms with van der Waals surface area (Å²) in [5.41, 5.74) is 2.36. The van der Waals surface area contributed by atoms with Crippen molar-refractivity contribution in [1.82, 2.24) is 0 Å². The van der Waals surface area contributed by atoms with Crippen molar-refractivity contribution in [2.24, 2.45) is 5.41 Å². The van der Waals surface area contributed by atoms with Gasteiger partial charge in [0.2, 0.25) is 0 Å². The van der Waals surface area contributed by atoms with Crippen molar-refractivity contribution in [3.63, 3.8) is 0 Å². The number of Topliss-reactive ketones (excluding diaryl/α,β-unsaturated/α-hetero) is 1. The molecule has 0 radical (unpaired) electrons. The van der Waals surface area contributed by atoms with Gasteiger partial charge in [-0.15, -0.1) is 0 Å². The number of carbonyl (C=O) groups excluding carboxylic acids is 2. The lowest BCUT2D eigenvalue weighted by atomic mass is 9.87. The molecule has 0 bridgehead atoms. The zero-order valence-electron chi connectivity index (χ0n) is 13.0. The predicted molar refractivity (Wildman–Crippen MR) is 81.5 cm³/mol. The third-order valence-corrected chi connectivity index (χ3v) is 4.33. The number of hydrogen-bond acceptors (Lipinski definition) is 3. The Hall–Kier alpha value is -1.84. The molecule has 0 fully saturated rings. The number of rotatable bonds is 2. The maximum atomic E-state index is 11.8. The second-order valence-corrected chi connectivity index (χ2v) is 6.55. The Labute approximate surface area is 120 Å². The van der Waals surface area contributed by atoms with Crippen LogP contribution in [0.4, 0.5) is 11.4 Å². The average molecular weight is 274 g/mol. The van der Waals surface area contributed by atoms with Crippen LogP contribution >= 0.6 is 0 Å². The van der Waals surface area contributed by atoms with E-state index in [1.807, 2.05) is 19.2 Å². The second kappa shape index (κ2) is 4.62. The molecule has 1 aliphatic heterocycles. The molecule has 1 atom stereocenters. The first-order valence-electron chi connectivity index (χ1n) is 6.84. The smallest absolute Gasteiger partial charge is 0.299 e. The number of amides is 1. The van der Waals surface area contributed by atoms with Gasteiger partial charge in [0.15, 0.2) is 0 Å². The lowest BCUT2D eigenvalue weighted by Gasteiger charge is -2.37. The minimum absolute atomic E-state index is 0.144. The Morgan fingerprint density at radius 2 is 1.80 bits per heavy atom. The van der Waals surface area contributed by atoms with E-state index in [0.717, 1.165) is 5.69 Å². The monoisotopic (exact) mass is 274 g/mol. The van der Waals surface area contributed by atoms with Crippen LogP contribution in [0, 0.1) is 5.41 Å². The first-order valence-corrected chi connectivity index (χ1v) is 6.84. The number of ketones is 1. The molecule has 0 N–H and O–H groups in total. The summed E-state index contributed by atoms with van der Waals surface area (Å²) in [6.45, 7) is 8.76. The highest BCUT2D eigenvalue weighted by Gasteiger charge is 2.34. The highest BCUT2D eigenvalue weighted by atomic mass is 16.2. The van der Waals surface area contributed by atoms with Crippen molar-refractivity contribution in [2.45, 2.75) is 33.7 Å². The van der Waals surface area contributed by atoms with Crippen molar-refractivity contribution < 1.29 is 9.59 Å². The number of likely N-dealkylation sites (N-methyl/N-ethyl adjacent to an activating group) is 1. The van der Waals surface area contributed by atoms with Gasteiger partial charge in [-0.1, -0.05) is 20.8 Å². The summed E-state index contributed by atoms with van der Waals surface area (Å²) in [5.74, 6) is -0.871. The first-order chi connectivity index (χ1) is 9.14. The molecule has 4 heteroatoms. The van der Waals surface area contributed by atoms with Crippen molar-refractivity contribution in [2.75, 3.05) is 23.9 Å². The van der Waals surface area contributed by atoms with E-state index in [1.54, 1.807) is 13.1 Å². The van der Waals surface area contributed by atoms with Crippen LogP contribution in [0.5, 0.6) is 0 Å². The molecule has 4 nitrogen and oxygen atoms in total. The quantitative estimate of drug-likeness (QED) is 0.779. The number of benzene rings is 1. The van der Waals surface area contributed by atoms with E-state index in [-0.39, 0.29) is 5.41 Å². The summed E-state index contributed by atoms with van der Waals surface area (Å²) in [6.07, 6.45) is 0. The molecule has 1 aromatic carbocycles. The molecule has 1 amide bonds. The Balaban J connectivity index is 2.39. The van der Waals surface area contributed by atoms with Crippen molar-refractivity contribution in [3.05, 3.63) is 23.8 Å². The lowest BCUT2D eigenvalue weighted by Crippen LogP contribution is -2.39. The number of anilines is 2. The number of nitrogens with zero attached hydrogens (tertiary/aromatic N) is 2. The predicted octanol–water partition coefficient (Wildman–Crippen LogP) is 2.72. The molecule has 0 aromatic heterocycles. The molecule has 1 heterocycles. The van der Waals surface area contributed by atoms with Crippen molar-refractivity contribution in [1.29, 1.82) is 0 Å². The van der Waals surface area contributed by atoms with Crippen LogP contribution in [-0.2, 0) is 4.79 Å². The van der Waals surface area contributed by atoms with Crippen LogP contribution in [-0.4, -0.2) is 31.8 Å². The number of fused-ring (bicyclic) bond motifs is 1. The fourth-order valence-electron chi connectivity index (χ4n) is 2.39. The largest absolute Gasteiger partial charge is 0.371 e. The normalized spacial score (nSPS) is 16.4. The van der Waals surface area contributed by atoms with Crippen molar-refractivity contribution >= 4 is 23.1 Å². The Kier molecular flexibility index (Phi) is 3.36. The zero-order chi connectivity index (χ0) is 15.2. The van der Waals surface area contributed by atoms with Crippen LogP contribution in [0.1, 0.15) is 38.1 Å². The first kappa shape index (κ1) is 14.6. The Morgan fingerprint density at radius 3 is 2.35 bits per heavy atom. The molecule has 0 saturated carbocycles. The Morgan fingerprint density at radius 1 is 1.20 bits per heavy atom. The maximum absolute atomic E-state index is 11.8.